The summed E-state index contributed by atoms with van der Waals surface area (Å²) in [6, 6.07) is 19.1. The summed E-state index contributed by atoms with van der Waals surface area (Å²) in [7, 11) is 0. The zero-order valence-electron chi connectivity index (χ0n) is 23.8. The van der Waals surface area contributed by atoms with Crippen LogP contribution in [-0.2, 0) is 25.5 Å². The third kappa shape index (κ3) is 8.06. The summed E-state index contributed by atoms with van der Waals surface area (Å²) in [4.78, 5) is 53.9. The second-order valence-electron chi connectivity index (χ2n) is 10.8. The zero-order chi connectivity index (χ0) is 30.3. The Morgan fingerprint density at radius 2 is 1.57 bits per heavy atom. The fourth-order valence-electron chi connectivity index (χ4n) is 4.70. The Kier molecular flexibility index (Phi) is 9.41. The van der Waals surface area contributed by atoms with Crippen molar-refractivity contribution in [1.29, 1.82) is 0 Å². The highest BCUT2D eigenvalue weighted by atomic mass is 16.6. The number of amides is 3. The standard InChI is InChI=1S/C31H34N4O7/c1-31(2,3)42-30(40)34-26-13-12-20(17-33-26)16-27(36)35(18-28(37)38)15-14-32-29(39)41-19-25-23-10-6-4-8-21(23)22-9-5-7-11-24(22)25/h4-13,17,25H,14-16,18-19H2,1-3H3,(H,32,39)(H,37,38)(H,33,34,40). The molecule has 0 spiro atoms. The van der Waals surface area contributed by atoms with Gasteiger partial charge in [0.05, 0.1) is 6.42 Å². The number of hydrogen-bond donors (Lipinski definition) is 3. The normalized spacial score (nSPS) is 12.1. The first-order valence-corrected chi connectivity index (χ1v) is 13.5. The third-order valence-electron chi connectivity index (χ3n) is 6.48. The molecule has 0 unspecified atom stereocenters. The van der Waals surface area contributed by atoms with E-state index in [0.29, 0.717) is 5.56 Å². The van der Waals surface area contributed by atoms with E-state index >= 15 is 0 Å². The number of fused-ring (bicyclic) bond motifs is 3. The van der Waals surface area contributed by atoms with Gasteiger partial charge in [0.2, 0.25) is 5.91 Å². The van der Waals surface area contributed by atoms with Crippen LogP contribution < -0.4 is 10.6 Å². The molecular weight excluding hydrogens is 540 g/mol. The molecule has 3 aromatic rings. The van der Waals surface area contributed by atoms with E-state index in [2.05, 4.69) is 15.6 Å². The van der Waals surface area contributed by atoms with Gasteiger partial charge in [0.25, 0.3) is 0 Å². The number of carbonyl (C=O) groups excluding carboxylic acids is 3. The molecule has 4 rings (SSSR count). The molecule has 0 saturated carbocycles. The van der Waals surface area contributed by atoms with E-state index < -0.39 is 36.2 Å². The number of hydrogen-bond acceptors (Lipinski definition) is 7. The minimum absolute atomic E-state index is 0.00664. The van der Waals surface area contributed by atoms with Gasteiger partial charge >= 0.3 is 18.2 Å². The van der Waals surface area contributed by atoms with Crippen LogP contribution in [0.2, 0.25) is 0 Å². The molecule has 1 aliphatic carbocycles. The molecule has 0 atom stereocenters. The number of nitrogens with one attached hydrogen (secondary N) is 2. The largest absolute Gasteiger partial charge is 0.480 e. The van der Waals surface area contributed by atoms with Crippen molar-refractivity contribution >= 4 is 29.9 Å². The summed E-state index contributed by atoms with van der Waals surface area (Å²) in [6.45, 7) is 4.81. The lowest BCUT2D eigenvalue weighted by atomic mass is 9.98. The van der Waals surface area contributed by atoms with Gasteiger partial charge in [-0.25, -0.2) is 14.6 Å². The van der Waals surface area contributed by atoms with E-state index in [4.69, 9.17) is 9.47 Å². The predicted octanol–water partition coefficient (Wildman–Crippen LogP) is 4.42. The Labute approximate surface area is 243 Å². The van der Waals surface area contributed by atoms with Crippen molar-refractivity contribution in [2.45, 2.75) is 38.7 Å². The van der Waals surface area contributed by atoms with E-state index in [-0.39, 0.29) is 37.9 Å². The number of benzene rings is 2. The number of rotatable bonds is 10. The van der Waals surface area contributed by atoms with Crippen molar-refractivity contribution in [2.24, 2.45) is 0 Å². The minimum Gasteiger partial charge on any atom is -0.480 e. The van der Waals surface area contributed by atoms with Gasteiger partial charge in [-0.2, -0.15) is 0 Å². The molecule has 0 fully saturated rings. The van der Waals surface area contributed by atoms with Gasteiger partial charge in [-0.1, -0.05) is 54.6 Å². The number of anilines is 1. The van der Waals surface area contributed by atoms with Crippen LogP contribution in [0.15, 0.2) is 66.9 Å². The smallest absolute Gasteiger partial charge is 0.413 e. The monoisotopic (exact) mass is 574 g/mol. The van der Waals surface area contributed by atoms with E-state index in [1.807, 2.05) is 48.5 Å². The lowest BCUT2D eigenvalue weighted by Crippen LogP contribution is -2.42. The van der Waals surface area contributed by atoms with E-state index in [0.717, 1.165) is 27.2 Å². The maximum atomic E-state index is 12.9. The van der Waals surface area contributed by atoms with Crippen LogP contribution >= 0.6 is 0 Å². The van der Waals surface area contributed by atoms with Crippen LogP contribution in [0.1, 0.15) is 43.4 Å². The average molecular weight is 575 g/mol. The Morgan fingerprint density at radius 1 is 0.929 bits per heavy atom. The number of nitrogens with zero attached hydrogens (tertiary/aromatic N) is 2. The highest BCUT2D eigenvalue weighted by Gasteiger charge is 2.29. The molecule has 1 aromatic heterocycles. The van der Waals surface area contributed by atoms with E-state index in [9.17, 15) is 24.3 Å². The van der Waals surface area contributed by atoms with Crippen molar-refractivity contribution in [2.75, 3.05) is 31.6 Å². The van der Waals surface area contributed by atoms with Crippen LogP contribution in [0.3, 0.4) is 0 Å². The van der Waals surface area contributed by atoms with Gasteiger partial charge in [-0.3, -0.25) is 14.9 Å². The van der Waals surface area contributed by atoms with Crippen molar-refractivity contribution in [3.8, 4) is 11.1 Å². The average Bonchev–Trinajstić information content (AvgIpc) is 3.25. The summed E-state index contributed by atoms with van der Waals surface area (Å²) in [5.41, 5.74) is 4.28. The Bertz CT molecular complexity index is 1400. The molecule has 2 aromatic carbocycles. The number of carboxylic acids is 1. The summed E-state index contributed by atoms with van der Waals surface area (Å²) < 4.78 is 10.7. The van der Waals surface area contributed by atoms with Crippen molar-refractivity contribution < 1.29 is 33.8 Å². The molecule has 11 heteroatoms. The first kappa shape index (κ1) is 30.0. The quantitative estimate of drug-likeness (QED) is 0.322. The number of carboxylic acid groups (broad SMARTS) is 1. The van der Waals surface area contributed by atoms with Crippen LogP contribution in [0, 0.1) is 0 Å². The third-order valence-corrected chi connectivity index (χ3v) is 6.48. The van der Waals surface area contributed by atoms with Crippen molar-refractivity contribution in [3.63, 3.8) is 0 Å². The molecule has 3 amide bonds. The van der Waals surface area contributed by atoms with Crippen LogP contribution in [0.5, 0.6) is 0 Å². The minimum atomic E-state index is -1.18. The molecule has 0 radical (unpaired) electrons. The molecule has 3 N–H and O–H groups in total. The van der Waals surface area contributed by atoms with Gasteiger partial charge < -0.3 is 24.8 Å². The van der Waals surface area contributed by atoms with E-state index in [1.165, 1.54) is 12.3 Å². The fourth-order valence-corrected chi connectivity index (χ4v) is 4.70. The Hall–Kier alpha value is -4.93. The Balaban J connectivity index is 1.27. The molecule has 11 nitrogen and oxygen atoms in total. The second-order valence-corrected chi connectivity index (χ2v) is 10.8. The highest BCUT2D eigenvalue weighted by molar-refractivity contribution is 5.85. The number of aromatic nitrogens is 1. The maximum absolute atomic E-state index is 12.9. The first-order chi connectivity index (χ1) is 20.0. The number of alkyl carbamates (subject to hydrolysis) is 1. The van der Waals surface area contributed by atoms with Gasteiger partial charge in [0, 0.05) is 25.2 Å². The summed E-state index contributed by atoms with van der Waals surface area (Å²) in [6.07, 6.45) is -0.0107. The van der Waals surface area contributed by atoms with Gasteiger partial charge in [-0.15, -0.1) is 0 Å². The lowest BCUT2D eigenvalue weighted by Gasteiger charge is -2.21. The predicted molar refractivity (Wildman–Crippen MR) is 155 cm³/mol. The maximum Gasteiger partial charge on any atom is 0.413 e. The van der Waals surface area contributed by atoms with Crippen LogP contribution in [-0.4, -0.2) is 70.9 Å². The molecule has 42 heavy (non-hydrogen) atoms. The molecule has 1 aliphatic rings. The molecular formula is C31H34N4O7. The number of carbonyl (C=O) groups is 4. The van der Waals surface area contributed by atoms with Crippen molar-refractivity contribution in [1.82, 2.24) is 15.2 Å². The first-order valence-electron chi connectivity index (χ1n) is 13.5. The Morgan fingerprint density at radius 3 is 2.14 bits per heavy atom. The van der Waals surface area contributed by atoms with Crippen LogP contribution in [0.25, 0.3) is 11.1 Å². The number of pyridine rings is 1. The van der Waals surface area contributed by atoms with Crippen LogP contribution in [0.4, 0.5) is 15.4 Å². The second kappa shape index (κ2) is 13.2. The van der Waals surface area contributed by atoms with Crippen molar-refractivity contribution in [3.05, 3.63) is 83.6 Å². The topological polar surface area (TPSA) is 147 Å². The summed E-state index contributed by atoms with van der Waals surface area (Å²) in [5.74, 6) is -1.48. The van der Waals surface area contributed by atoms with Gasteiger partial charge in [-0.05, 0) is 54.7 Å². The molecule has 220 valence electrons. The fraction of sp³-hybridized carbons (Fsp3) is 0.323. The molecule has 1 heterocycles. The molecule has 0 bridgehead atoms. The van der Waals surface area contributed by atoms with Gasteiger partial charge in [0.1, 0.15) is 24.6 Å². The highest BCUT2D eigenvalue weighted by Crippen LogP contribution is 2.44. The SMILES string of the molecule is CC(C)(C)OC(=O)Nc1ccc(CC(=O)N(CCNC(=O)OCC2c3ccccc3-c3ccccc32)CC(=O)O)cn1. The molecule has 0 aliphatic heterocycles. The lowest BCUT2D eigenvalue weighted by molar-refractivity contribution is -0.144. The molecule has 0 saturated heterocycles. The van der Waals surface area contributed by atoms with Gasteiger partial charge in [0.15, 0.2) is 0 Å². The number of ether oxygens (including phenoxy) is 2. The van der Waals surface area contributed by atoms with E-state index in [1.54, 1.807) is 26.8 Å². The number of aliphatic carboxylic acids is 1. The zero-order valence-corrected chi connectivity index (χ0v) is 23.8. The summed E-state index contributed by atoms with van der Waals surface area (Å²) >= 11 is 0. The summed E-state index contributed by atoms with van der Waals surface area (Å²) in [5, 5.41) is 14.4.